The molecule has 0 spiro atoms. The SMILES string of the molecule is COC(=O)[C@@H]1CO[C@H](C)O1. The van der Waals surface area contributed by atoms with Crippen LogP contribution in [-0.4, -0.2) is 32.1 Å². The number of rotatable bonds is 1. The topological polar surface area (TPSA) is 44.8 Å². The summed E-state index contributed by atoms with van der Waals surface area (Å²) in [4.78, 5) is 10.7. The molecule has 0 aliphatic carbocycles. The summed E-state index contributed by atoms with van der Waals surface area (Å²) in [7, 11) is 1.33. The Morgan fingerprint density at radius 3 is 2.80 bits per heavy atom. The first kappa shape index (κ1) is 7.50. The summed E-state index contributed by atoms with van der Waals surface area (Å²) >= 11 is 0. The van der Waals surface area contributed by atoms with Gasteiger partial charge < -0.3 is 14.2 Å². The summed E-state index contributed by atoms with van der Waals surface area (Å²) in [6.07, 6.45) is -0.816. The quantitative estimate of drug-likeness (QED) is 0.485. The third-order valence-corrected chi connectivity index (χ3v) is 1.30. The molecule has 0 saturated carbocycles. The highest BCUT2D eigenvalue weighted by Crippen LogP contribution is 2.11. The first-order chi connectivity index (χ1) is 4.74. The van der Waals surface area contributed by atoms with E-state index in [4.69, 9.17) is 9.47 Å². The number of carbonyl (C=O) groups excluding carboxylic acids is 1. The molecule has 0 aromatic carbocycles. The van der Waals surface area contributed by atoms with Crippen molar-refractivity contribution in [3.8, 4) is 0 Å². The Labute approximate surface area is 59.1 Å². The standard InChI is InChI=1S/C6H10O4/c1-4-9-3-5(10-4)6(7)8-2/h4-5H,3H2,1-2H3/t4-,5-/m0/s1. The number of hydrogen-bond acceptors (Lipinski definition) is 4. The predicted molar refractivity (Wildman–Crippen MR) is 32.3 cm³/mol. The molecule has 4 nitrogen and oxygen atoms in total. The minimum absolute atomic E-state index is 0.288. The van der Waals surface area contributed by atoms with E-state index in [1.54, 1.807) is 6.92 Å². The Morgan fingerprint density at radius 1 is 1.70 bits per heavy atom. The zero-order chi connectivity index (χ0) is 7.56. The predicted octanol–water partition coefficient (Wildman–Crippen LogP) is -0.0792. The Kier molecular flexibility index (Phi) is 2.24. The summed E-state index contributed by atoms with van der Waals surface area (Å²) in [5.74, 6) is -0.371. The van der Waals surface area contributed by atoms with Gasteiger partial charge >= 0.3 is 5.97 Å². The molecule has 2 atom stereocenters. The molecular formula is C6H10O4. The zero-order valence-corrected chi connectivity index (χ0v) is 5.99. The van der Waals surface area contributed by atoms with Gasteiger partial charge in [-0.2, -0.15) is 0 Å². The second kappa shape index (κ2) is 2.98. The summed E-state index contributed by atoms with van der Waals surface area (Å²) in [5, 5.41) is 0. The van der Waals surface area contributed by atoms with E-state index in [1.807, 2.05) is 0 Å². The van der Waals surface area contributed by atoms with E-state index >= 15 is 0 Å². The normalized spacial score (nSPS) is 32.2. The molecule has 0 bridgehead atoms. The van der Waals surface area contributed by atoms with E-state index < -0.39 is 6.10 Å². The van der Waals surface area contributed by atoms with E-state index in [-0.39, 0.29) is 12.3 Å². The van der Waals surface area contributed by atoms with E-state index in [1.165, 1.54) is 7.11 Å². The van der Waals surface area contributed by atoms with Gasteiger partial charge in [-0.05, 0) is 6.92 Å². The van der Waals surface area contributed by atoms with Crippen LogP contribution in [0.1, 0.15) is 6.92 Å². The molecule has 1 fully saturated rings. The Balaban J connectivity index is 2.37. The number of methoxy groups -OCH3 is 1. The highest BCUT2D eigenvalue weighted by Gasteiger charge is 2.29. The summed E-state index contributed by atoms with van der Waals surface area (Å²) in [5.41, 5.74) is 0. The van der Waals surface area contributed by atoms with Gasteiger partial charge in [0.1, 0.15) is 0 Å². The van der Waals surface area contributed by atoms with Crippen LogP contribution in [-0.2, 0) is 19.0 Å². The smallest absolute Gasteiger partial charge is 0.337 e. The van der Waals surface area contributed by atoms with E-state index in [9.17, 15) is 4.79 Å². The van der Waals surface area contributed by atoms with Gasteiger partial charge in [-0.1, -0.05) is 0 Å². The largest absolute Gasteiger partial charge is 0.467 e. The van der Waals surface area contributed by atoms with Crippen molar-refractivity contribution < 1.29 is 19.0 Å². The van der Waals surface area contributed by atoms with Gasteiger partial charge in [0.15, 0.2) is 12.4 Å². The third kappa shape index (κ3) is 1.46. The van der Waals surface area contributed by atoms with Gasteiger partial charge in [-0.25, -0.2) is 4.79 Å². The molecule has 0 aromatic heterocycles. The lowest BCUT2D eigenvalue weighted by molar-refractivity contribution is -0.153. The molecule has 1 aliphatic heterocycles. The fourth-order valence-corrected chi connectivity index (χ4v) is 0.788. The zero-order valence-electron chi connectivity index (χ0n) is 5.99. The van der Waals surface area contributed by atoms with Crippen LogP contribution in [0.5, 0.6) is 0 Å². The molecule has 0 radical (unpaired) electrons. The third-order valence-electron chi connectivity index (χ3n) is 1.30. The van der Waals surface area contributed by atoms with Crippen molar-refractivity contribution in [2.45, 2.75) is 19.3 Å². The second-order valence-electron chi connectivity index (χ2n) is 2.05. The lowest BCUT2D eigenvalue weighted by Gasteiger charge is -2.04. The van der Waals surface area contributed by atoms with Gasteiger partial charge in [0, 0.05) is 0 Å². The molecular weight excluding hydrogens is 136 g/mol. The minimum Gasteiger partial charge on any atom is -0.467 e. The van der Waals surface area contributed by atoms with Gasteiger partial charge in [0.2, 0.25) is 0 Å². The average molecular weight is 146 g/mol. The van der Waals surface area contributed by atoms with Crippen LogP contribution in [0, 0.1) is 0 Å². The number of esters is 1. The molecule has 10 heavy (non-hydrogen) atoms. The number of ether oxygens (including phenoxy) is 3. The Bertz CT molecular complexity index is 134. The molecule has 0 amide bonds. The first-order valence-corrected chi connectivity index (χ1v) is 3.09. The number of carbonyl (C=O) groups is 1. The van der Waals surface area contributed by atoms with Crippen molar-refractivity contribution in [2.75, 3.05) is 13.7 Å². The van der Waals surface area contributed by atoms with Crippen molar-refractivity contribution in [1.82, 2.24) is 0 Å². The van der Waals surface area contributed by atoms with Crippen molar-refractivity contribution in [1.29, 1.82) is 0 Å². The maximum atomic E-state index is 10.7. The minimum atomic E-state index is -0.528. The molecule has 4 heteroatoms. The van der Waals surface area contributed by atoms with Gasteiger partial charge in [0.25, 0.3) is 0 Å². The maximum Gasteiger partial charge on any atom is 0.337 e. The summed E-state index contributed by atoms with van der Waals surface area (Å²) in [6, 6.07) is 0. The van der Waals surface area contributed by atoms with Gasteiger partial charge in [-0.3, -0.25) is 0 Å². The lowest BCUT2D eigenvalue weighted by Crippen LogP contribution is -2.24. The molecule has 1 aliphatic rings. The molecule has 0 N–H and O–H groups in total. The highest BCUT2D eigenvalue weighted by atomic mass is 16.7. The second-order valence-corrected chi connectivity index (χ2v) is 2.05. The fraction of sp³-hybridized carbons (Fsp3) is 0.833. The lowest BCUT2D eigenvalue weighted by atomic mass is 10.4. The van der Waals surface area contributed by atoms with E-state index in [0.29, 0.717) is 6.61 Å². The highest BCUT2D eigenvalue weighted by molar-refractivity contribution is 5.74. The van der Waals surface area contributed by atoms with Crippen molar-refractivity contribution >= 4 is 5.97 Å². The van der Waals surface area contributed by atoms with Crippen LogP contribution >= 0.6 is 0 Å². The van der Waals surface area contributed by atoms with Crippen LogP contribution in [0.3, 0.4) is 0 Å². The summed E-state index contributed by atoms with van der Waals surface area (Å²) in [6.45, 7) is 2.04. The van der Waals surface area contributed by atoms with E-state index in [0.717, 1.165) is 0 Å². The van der Waals surface area contributed by atoms with Gasteiger partial charge in [0.05, 0.1) is 13.7 Å². The van der Waals surface area contributed by atoms with Crippen LogP contribution < -0.4 is 0 Å². The number of hydrogen-bond donors (Lipinski definition) is 0. The molecule has 1 heterocycles. The van der Waals surface area contributed by atoms with Crippen molar-refractivity contribution in [3.05, 3.63) is 0 Å². The maximum absolute atomic E-state index is 10.7. The molecule has 1 saturated heterocycles. The van der Waals surface area contributed by atoms with Crippen LogP contribution in [0.25, 0.3) is 0 Å². The molecule has 0 aromatic rings. The first-order valence-electron chi connectivity index (χ1n) is 3.09. The fourth-order valence-electron chi connectivity index (χ4n) is 0.788. The Hall–Kier alpha value is -0.610. The monoisotopic (exact) mass is 146 g/mol. The molecule has 58 valence electrons. The van der Waals surface area contributed by atoms with Crippen LogP contribution in [0.2, 0.25) is 0 Å². The van der Waals surface area contributed by atoms with E-state index in [2.05, 4.69) is 4.74 Å². The Morgan fingerprint density at radius 2 is 2.40 bits per heavy atom. The van der Waals surface area contributed by atoms with Crippen LogP contribution in [0.4, 0.5) is 0 Å². The van der Waals surface area contributed by atoms with Gasteiger partial charge in [-0.15, -0.1) is 0 Å². The van der Waals surface area contributed by atoms with Crippen molar-refractivity contribution in [3.63, 3.8) is 0 Å². The molecule has 0 unspecified atom stereocenters. The van der Waals surface area contributed by atoms with Crippen LogP contribution in [0.15, 0.2) is 0 Å². The van der Waals surface area contributed by atoms with Crippen molar-refractivity contribution in [2.24, 2.45) is 0 Å². The summed E-state index contributed by atoms with van der Waals surface area (Å²) < 4.78 is 14.4. The average Bonchev–Trinajstić information content (AvgIpc) is 2.34. The molecule has 1 rings (SSSR count).